The number of rotatable bonds is 4. The number of carbonyl (C=O) groups excluding carboxylic acids is 2. The first-order valence-electron chi connectivity index (χ1n) is 7.26. The maximum absolute atomic E-state index is 12.6. The SMILES string of the molecule is COc1ccc(N2C(=O)C[C@@H](c3ccc([N+](=O)[O-])cc3)C2=O)cc1. The Morgan fingerprint density at radius 2 is 1.71 bits per heavy atom. The van der Waals surface area contributed by atoms with Gasteiger partial charge in [0.2, 0.25) is 11.8 Å². The van der Waals surface area contributed by atoms with Crippen molar-refractivity contribution in [3.63, 3.8) is 0 Å². The Balaban J connectivity index is 1.86. The molecule has 0 aliphatic carbocycles. The summed E-state index contributed by atoms with van der Waals surface area (Å²) in [7, 11) is 1.53. The van der Waals surface area contributed by atoms with E-state index in [1.54, 1.807) is 24.3 Å². The van der Waals surface area contributed by atoms with E-state index in [-0.39, 0.29) is 23.9 Å². The van der Waals surface area contributed by atoms with Crippen LogP contribution in [0.2, 0.25) is 0 Å². The van der Waals surface area contributed by atoms with Gasteiger partial charge in [-0.2, -0.15) is 0 Å². The summed E-state index contributed by atoms with van der Waals surface area (Å²) in [5.41, 5.74) is 1.02. The van der Waals surface area contributed by atoms with Crippen LogP contribution in [0.4, 0.5) is 11.4 Å². The molecule has 2 amide bonds. The van der Waals surface area contributed by atoms with E-state index in [0.717, 1.165) is 4.90 Å². The van der Waals surface area contributed by atoms with Crippen LogP contribution in [0.3, 0.4) is 0 Å². The molecule has 0 aromatic heterocycles. The van der Waals surface area contributed by atoms with E-state index in [1.807, 2.05) is 0 Å². The summed E-state index contributed by atoms with van der Waals surface area (Å²) in [6.45, 7) is 0. The molecule has 0 spiro atoms. The maximum Gasteiger partial charge on any atom is 0.269 e. The van der Waals surface area contributed by atoms with E-state index in [0.29, 0.717) is 17.0 Å². The van der Waals surface area contributed by atoms with Crippen molar-refractivity contribution in [3.05, 3.63) is 64.2 Å². The standard InChI is InChI=1S/C17H14N2O5/c1-24-14-8-6-12(7-9-14)18-16(20)10-15(17(18)21)11-2-4-13(5-3-11)19(22)23/h2-9,15H,10H2,1H3/t15-/m0/s1. The quantitative estimate of drug-likeness (QED) is 0.489. The van der Waals surface area contributed by atoms with Gasteiger partial charge in [0.15, 0.2) is 0 Å². The molecule has 0 unspecified atom stereocenters. The number of amides is 2. The molecule has 1 heterocycles. The number of benzene rings is 2. The van der Waals surface area contributed by atoms with Crippen molar-refractivity contribution < 1.29 is 19.2 Å². The predicted molar refractivity (Wildman–Crippen MR) is 85.9 cm³/mol. The Morgan fingerprint density at radius 1 is 1.08 bits per heavy atom. The molecule has 0 saturated carbocycles. The van der Waals surface area contributed by atoms with Crippen molar-refractivity contribution in [2.24, 2.45) is 0 Å². The minimum Gasteiger partial charge on any atom is -0.497 e. The number of nitro groups is 1. The van der Waals surface area contributed by atoms with Crippen LogP contribution in [-0.2, 0) is 9.59 Å². The number of anilines is 1. The molecule has 7 heteroatoms. The normalized spacial score (nSPS) is 17.2. The smallest absolute Gasteiger partial charge is 0.269 e. The van der Waals surface area contributed by atoms with Crippen molar-refractivity contribution in [2.45, 2.75) is 12.3 Å². The minimum absolute atomic E-state index is 0.0443. The highest BCUT2D eigenvalue weighted by atomic mass is 16.6. The second-order valence-corrected chi connectivity index (χ2v) is 5.37. The van der Waals surface area contributed by atoms with Gasteiger partial charge >= 0.3 is 0 Å². The molecule has 3 rings (SSSR count). The highest BCUT2D eigenvalue weighted by molar-refractivity contribution is 6.22. The molecule has 1 atom stereocenters. The van der Waals surface area contributed by atoms with Crippen LogP contribution in [-0.4, -0.2) is 23.8 Å². The van der Waals surface area contributed by atoms with Crippen molar-refractivity contribution in [2.75, 3.05) is 12.0 Å². The third kappa shape index (κ3) is 2.71. The molecule has 1 saturated heterocycles. The highest BCUT2D eigenvalue weighted by Gasteiger charge is 2.40. The largest absolute Gasteiger partial charge is 0.497 e. The Labute approximate surface area is 137 Å². The number of non-ortho nitro benzene ring substituents is 1. The van der Waals surface area contributed by atoms with Gasteiger partial charge in [0.05, 0.1) is 23.6 Å². The summed E-state index contributed by atoms with van der Waals surface area (Å²) in [5, 5.41) is 10.7. The number of carbonyl (C=O) groups is 2. The monoisotopic (exact) mass is 326 g/mol. The minimum atomic E-state index is -0.625. The molecule has 24 heavy (non-hydrogen) atoms. The number of hydrogen-bond acceptors (Lipinski definition) is 5. The summed E-state index contributed by atoms with van der Waals surface area (Å²) in [5.74, 6) is -0.627. The molecular formula is C17H14N2O5. The van der Waals surface area contributed by atoms with Crippen molar-refractivity contribution >= 4 is 23.2 Å². The third-order valence-corrected chi connectivity index (χ3v) is 3.98. The first-order chi connectivity index (χ1) is 11.5. The van der Waals surface area contributed by atoms with Crippen molar-refractivity contribution in [3.8, 4) is 5.75 Å². The summed E-state index contributed by atoms with van der Waals surface area (Å²) < 4.78 is 5.06. The summed E-state index contributed by atoms with van der Waals surface area (Å²) in [4.78, 5) is 36.2. The second-order valence-electron chi connectivity index (χ2n) is 5.37. The van der Waals surface area contributed by atoms with Crippen LogP contribution in [0, 0.1) is 10.1 Å². The molecule has 2 aromatic carbocycles. The predicted octanol–water partition coefficient (Wildman–Crippen LogP) is 2.65. The topological polar surface area (TPSA) is 89.8 Å². The van der Waals surface area contributed by atoms with E-state index < -0.39 is 10.8 Å². The molecule has 0 bridgehead atoms. The highest BCUT2D eigenvalue weighted by Crippen LogP contribution is 2.34. The van der Waals surface area contributed by atoms with Gasteiger partial charge < -0.3 is 4.74 Å². The van der Waals surface area contributed by atoms with Gasteiger partial charge in [0.1, 0.15) is 5.75 Å². The Hall–Kier alpha value is -3.22. The lowest BCUT2D eigenvalue weighted by atomic mass is 9.97. The molecule has 1 fully saturated rings. The lowest BCUT2D eigenvalue weighted by molar-refractivity contribution is -0.384. The van der Waals surface area contributed by atoms with Gasteiger partial charge in [-0.25, -0.2) is 0 Å². The van der Waals surface area contributed by atoms with E-state index >= 15 is 0 Å². The van der Waals surface area contributed by atoms with Crippen LogP contribution in [0.25, 0.3) is 0 Å². The fourth-order valence-electron chi connectivity index (χ4n) is 2.72. The number of methoxy groups -OCH3 is 1. The molecule has 0 radical (unpaired) electrons. The van der Waals surface area contributed by atoms with E-state index in [1.165, 1.54) is 31.4 Å². The first kappa shape index (κ1) is 15.7. The average Bonchev–Trinajstić information content (AvgIpc) is 2.89. The van der Waals surface area contributed by atoms with Gasteiger partial charge in [-0.1, -0.05) is 12.1 Å². The fourth-order valence-corrected chi connectivity index (χ4v) is 2.72. The number of nitro benzene ring substituents is 1. The van der Waals surface area contributed by atoms with E-state index in [2.05, 4.69) is 0 Å². The van der Waals surface area contributed by atoms with Gasteiger partial charge in [-0.15, -0.1) is 0 Å². The van der Waals surface area contributed by atoms with Crippen molar-refractivity contribution in [1.82, 2.24) is 0 Å². The van der Waals surface area contributed by atoms with E-state index in [4.69, 9.17) is 4.74 Å². The molecule has 7 nitrogen and oxygen atoms in total. The molecule has 122 valence electrons. The zero-order valence-electron chi connectivity index (χ0n) is 12.8. The summed E-state index contributed by atoms with van der Waals surface area (Å²) >= 11 is 0. The molecular weight excluding hydrogens is 312 g/mol. The van der Waals surface area contributed by atoms with Crippen LogP contribution in [0.1, 0.15) is 17.9 Å². The lowest BCUT2D eigenvalue weighted by Gasteiger charge is -2.15. The number of ether oxygens (including phenoxy) is 1. The van der Waals surface area contributed by atoms with Gasteiger partial charge in [0.25, 0.3) is 5.69 Å². The fraction of sp³-hybridized carbons (Fsp3) is 0.176. The molecule has 1 aliphatic heterocycles. The lowest BCUT2D eigenvalue weighted by Crippen LogP contribution is -2.29. The molecule has 0 N–H and O–H groups in total. The van der Waals surface area contributed by atoms with Crippen molar-refractivity contribution in [1.29, 1.82) is 0 Å². The Morgan fingerprint density at radius 3 is 2.25 bits per heavy atom. The maximum atomic E-state index is 12.6. The summed E-state index contributed by atoms with van der Waals surface area (Å²) in [6.07, 6.45) is 0.0443. The zero-order chi connectivity index (χ0) is 17.3. The molecule has 1 aliphatic rings. The third-order valence-electron chi connectivity index (χ3n) is 3.98. The average molecular weight is 326 g/mol. The van der Waals surface area contributed by atoms with Gasteiger partial charge in [-0.3, -0.25) is 24.6 Å². The van der Waals surface area contributed by atoms with Crippen LogP contribution >= 0.6 is 0 Å². The zero-order valence-corrected chi connectivity index (χ0v) is 12.8. The first-order valence-corrected chi connectivity index (χ1v) is 7.26. The van der Waals surface area contributed by atoms with Crippen LogP contribution in [0.15, 0.2) is 48.5 Å². The Kier molecular flexibility index (Phi) is 3.99. The summed E-state index contributed by atoms with van der Waals surface area (Å²) in [6, 6.07) is 12.4. The van der Waals surface area contributed by atoms with Crippen LogP contribution in [0.5, 0.6) is 5.75 Å². The molecule has 2 aromatic rings. The van der Waals surface area contributed by atoms with Gasteiger partial charge in [0, 0.05) is 18.6 Å². The van der Waals surface area contributed by atoms with Gasteiger partial charge in [-0.05, 0) is 29.8 Å². The second kappa shape index (κ2) is 6.11. The van der Waals surface area contributed by atoms with Crippen LogP contribution < -0.4 is 9.64 Å². The number of imide groups is 1. The number of hydrogen-bond donors (Lipinski definition) is 0. The Bertz CT molecular complexity index is 799. The number of nitrogens with zero attached hydrogens (tertiary/aromatic N) is 2. The van der Waals surface area contributed by atoms with E-state index in [9.17, 15) is 19.7 Å².